The highest BCUT2D eigenvalue weighted by Crippen LogP contribution is 2.13. The van der Waals surface area contributed by atoms with E-state index < -0.39 is 0 Å². The molecule has 2 amide bonds. The number of aromatic nitrogens is 1. The summed E-state index contributed by atoms with van der Waals surface area (Å²) in [6, 6.07) is 1.56. The van der Waals surface area contributed by atoms with Crippen LogP contribution in [0.25, 0.3) is 0 Å². The van der Waals surface area contributed by atoms with Crippen molar-refractivity contribution >= 4 is 11.7 Å². The Morgan fingerprint density at radius 1 is 1.35 bits per heavy atom. The van der Waals surface area contributed by atoms with Gasteiger partial charge in [0.05, 0.1) is 12.2 Å². The van der Waals surface area contributed by atoms with Crippen molar-refractivity contribution in [2.24, 2.45) is 7.05 Å². The van der Waals surface area contributed by atoms with Crippen LogP contribution in [0, 0.1) is 6.92 Å². The number of hydrogen-bond donors (Lipinski definition) is 1. The summed E-state index contributed by atoms with van der Waals surface area (Å²) in [6.45, 7) is 6.73. The topological polar surface area (TPSA) is 63.6 Å². The molecule has 2 heterocycles. The SMILES string of the molecule is Cc1ccn(C)c(=O)c1NC(=O)N1CC(C)OC(C)C1. The number of nitrogens with one attached hydrogen (secondary N) is 1. The van der Waals surface area contributed by atoms with Crippen LogP contribution in [-0.4, -0.2) is 40.8 Å². The van der Waals surface area contributed by atoms with Gasteiger partial charge in [-0.15, -0.1) is 0 Å². The van der Waals surface area contributed by atoms with Gasteiger partial charge in [0, 0.05) is 26.3 Å². The van der Waals surface area contributed by atoms with Crippen molar-refractivity contribution in [2.45, 2.75) is 33.0 Å². The van der Waals surface area contributed by atoms with E-state index >= 15 is 0 Å². The average molecular weight is 279 g/mol. The summed E-state index contributed by atoms with van der Waals surface area (Å²) in [5, 5.41) is 2.73. The van der Waals surface area contributed by atoms with Gasteiger partial charge < -0.3 is 19.5 Å². The molecule has 1 saturated heterocycles. The number of aryl methyl sites for hydroxylation is 2. The fraction of sp³-hybridized carbons (Fsp3) is 0.571. The molecule has 20 heavy (non-hydrogen) atoms. The lowest BCUT2D eigenvalue weighted by Crippen LogP contribution is -2.50. The molecule has 2 atom stereocenters. The monoisotopic (exact) mass is 279 g/mol. The fourth-order valence-electron chi connectivity index (χ4n) is 2.40. The summed E-state index contributed by atoms with van der Waals surface area (Å²) in [6.07, 6.45) is 1.69. The number of amides is 2. The summed E-state index contributed by atoms with van der Waals surface area (Å²) in [4.78, 5) is 26.0. The van der Waals surface area contributed by atoms with Crippen molar-refractivity contribution in [3.8, 4) is 0 Å². The predicted molar refractivity (Wildman–Crippen MR) is 77.0 cm³/mol. The highest BCUT2D eigenvalue weighted by molar-refractivity contribution is 5.90. The minimum atomic E-state index is -0.251. The molecule has 1 fully saturated rings. The first-order valence-electron chi connectivity index (χ1n) is 6.76. The number of rotatable bonds is 1. The number of anilines is 1. The number of hydrogen-bond acceptors (Lipinski definition) is 3. The molecule has 2 unspecified atom stereocenters. The number of nitrogens with zero attached hydrogens (tertiary/aromatic N) is 2. The van der Waals surface area contributed by atoms with Crippen LogP contribution in [-0.2, 0) is 11.8 Å². The van der Waals surface area contributed by atoms with Gasteiger partial charge in [-0.2, -0.15) is 0 Å². The third kappa shape index (κ3) is 3.01. The molecular weight excluding hydrogens is 258 g/mol. The highest BCUT2D eigenvalue weighted by Gasteiger charge is 2.26. The van der Waals surface area contributed by atoms with Crippen molar-refractivity contribution in [1.82, 2.24) is 9.47 Å². The third-order valence-electron chi connectivity index (χ3n) is 3.42. The molecule has 1 aliphatic rings. The molecule has 0 spiro atoms. The standard InChI is InChI=1S/C14H21N3O3/c1-9-5-6-16(4)13(18)12(9)15-14(19)17-7-10(2)20-11(3)8-17/h5-6,10-11H,7-8H2,1-4H3,(H,15,19). The van der Waals surface area contributed by atoms with E-state index in [1.54, 1.807) is 18.1 Å². The van der Waals surface area contributed by atoms with Crippen LogP contribution in [0.3, 0.4) is 0 Å². The van der Waals surface area contributed by atoms with Gasteiger partial charge in [-0.3, -0.25) is 4.79 Å². The van der Waals surface area contributed by atoms with E-state index in [9.17, 15) is 9.59 Å². The molecule has 0 aromatic carbocycles. The zero-order valence-corrected chi connectivity index (χ0v) is 12.3. The second kappa shape index (κ2) is 5.66. The lowest BCUT2D eigenvalue weighted by Gasteiger charge is -2.35. The lowest BCUT2D eigenvalue weighted by atomic mass is 10.2. The van der Waals surface area contributed by atoms with Crippen molar-refractivity contribution in [3.63, 3.8) is 0 Å². The van der Waals surface area contributed by atoms with E-state index in [0.717, 1.165) is 5.56 Å². The molecule has 110 valence electrons. The summed E-state index contributed by atoms with van der Waals surface area (Å²) < 4.78 is 7.05. The maximum Gasteiger partial charge on any atom is 0.322 e. The Kier molecular flexibility index (Phi) is 4.13. The Bertz CT molecular complexity index is 557. The smallest absolute Gasteiger partial charge is 0.322 e. The minimum absolute atomic E-state index is 0.00389. The Morgan fingerprint density at radius 2 is 1.95 bits per heavy atom. The molecular formula is C14H21N3O3. The van der Waals surface area contributed by atoms with Crippen LogP contribution in [0.15, 0.2) is 17.1 Å². The van der Waals surface area contributed by atoms with Gasteiger partial charge in [0.1, 0.15) is 5.69 Å². The number of ether oxygens (including phenoxy) is 1. The molecule has 2 rings (SSSR count). The first-order chi connectivity index (χ1) is 9.38. The van der Waals surface area contributed by atoms with Gasteiger partial charge in [0.2, 0.25) is 0 Å². The van der Waals surface area contributed by atoms with Gasteiger partial charge >= 0.3 is 6.03 Å². The number of carbonyl (C=O) groups excluding carboxylic acids is 1. The summed E-state index contributed by atoms with van der Waals surface area (Å²) in [5.74, 6) is 0. The largest absolute Gasteiger partial charge is 0.372 e. The average Bonchev–Trinajstić information content (AvgIpc) is 2.38. The Morgan fingerprint density at radius 3 is 2.55 bits per heavy atom. The first-order valence-corrected chi connectivity index (χ1v) is 6.76. The quantitative estimate of drug-likeness (QED) is 0.843. The van der Waals surface area contributed by atoms with Crippen LogP contribution in [0.5, 0.6) is 0 Å². The fourth-order valence-corrected chi connectivity index (χ4v) is 2.40. The predicted octanol–water partition coefficient (Wildman–Crippen LogP) is 1.33. The van der Waals surface area contributed by atoms with Crippen LogP contribution in [0.1, 0.15) is 19.4 Å². The van der Waals surface area contributed by atoms with Gasteiger partial charge in [0.15, 0.2) is 0 Å². The second-order valence-corrected chi connectivity index (χ2v) is 5.38. The molecule has 6 heteroatoms. The molecule has 1 aliphatic heterocycles. The Balaban J connectivity index is 2.16. The Labute approximate surface area is 118 Å². The van der Waals surface area contributed by atoms with Gasteiger partial charge in [0.25, 0.3) is 5.56 Å². The van der Waals surface area contributed by atoms with Gasteiger partial charge in [-0.25, -0.2) is 4.79 Å². The maximum atomic E-state index is 12.3. The van der Waals surface area contributed by atoms with Crippen LogP contribution in [0.4, 0.5) is 10.5 Å². The number of pyridine rings is 1. The van der Waals surface area contributed by atoms with E-state index in [2.05, 4.69) is 5.32 Å². The number of carbonyl (C=O) groups is 1. The van der Waals surface area contributed by atoms with Crippen molar-refractivity contribution in [3.05, 3.63) is 28.2 Å². The normalized spacial score (nSPS) is 22.7. The van der Waals surface area contributed by atoms with E-state index in [1.165, 1.54) is 4.57 Å². The molecule has 1 aromatic rings. The van der Waals surface area contributed by atoms with Crippen LogP contribution in [0.2, 0.25) is 0 Å². The molecule has 0 aliphatic carbocycles. The summed E-state index contributed by atoms with van der Waals surface area (Å²) in [7, 11) is 1.66. The minimum Gasteiger partial charge on any atom is -0.372 e. The zero-order chi connectivity index (χ0) is 14.9. The highest BCUT2D eigenvalue weighted by atomic mass is 16.5. The van der Waals surface area contributed by atoms with Crippen LogP contribution < -0.4 is 10.9 Å². The number of morpholine rings is 1. The zero-order valence-electron chi connectivity index (χ0n) is 12.3. The van der Waals surface area contributed by atoms with Crippen molar-refractivity contribution in [1.29, 1.82) is 0 Å². The molecule has 1 N–H and O–H groups in total. The molecule has 0 radical (unpaired) electrons. The third-order valence-corrected chi connectivity index (χ3v) is 3.42. The summed E-state index contributed by atoms with van der Waals surface area (Å²) in [5.41, 5.74) is 0.898. The first kappa shape index (κ1) is 14.6. The van der Waals surface area contributed by atoms with Gasteiger partial charge in [-0.1, -0.05) is 0 Å². The Hall–Kier alpha value is -1.82. The maximum absolute atomic E-state index is 12.3. The lowest BCUT2D eigenvalue weighted by molar-refractivity contribution is -0.0530. The van der Waals surface area contributed by atoms with E-state index in [-0.39, 0.29) is 23.8 Å². The van der Waals surface area contributed by atoms with E-state index in [1.807, 2.05) is 26.8 Å². The summed E-state index contributed by atoms with van der Waals surface area (Å²) >= 11 is 0. The molecule has 1 aromatic heterocycles. The molecule has 0 bridgehead atoms. The van der Waals surface area contributed by atoms with Gasteiger partial charge in [-0.05, 0) is 32.4 Å². The van der Waals surface area contributed by atoms with Crippen molar-refractivity contribution < 1.29 is 9.53 Å². The van der Waals surface area contributed by atoms with Crippen molar-refractivity contribution in [2.75, 3.05) is 18.4 Å². The molecule has 6 nitrogen and oxygen atoms in total. The number of urea groups is 1. The van der Waals surface area contributed by atoms with E-state index in [4.69, 9.17) is 4.74 Å². The van der Waals surface area contributed by atoms with E-state index in [0.29, 0.717) is 18.8 Å². The second-order valence-electron chi connectivity index (χ2n) is 5.38. The van der Waals surface area contributed by atoms with Crippen LogP contribution >= 0.6 is 0 Å². The molecule has 0 saturated carbocycles.